The van der Waals surface area contributed by atoms with Crippen LogP contribution >= 0.6 is 0 Å². The summed E-state index contributed by atoms with van der Waals surface area (Å²) in [6.45, 7) is 2.73. The summed E-state index contributed by atoms with van der Waals surface area (Å²) in [7, 11) is 0. The van der Waals surface area contributed by atoms with Crippen molar-refractivity contribution in [3.63, 3.8) is 0 Å². The molecule has 0 aliphatic rings. The first-order valence-corrected chi connectivity index (χ1v) is 9.65. The van der Waals surface area contributed by atoms with Crippen molar-refractivity contribution in [3.8, 4) is 0 Å². The number of aryl methyl sites for hydroxylation is 2. The monoisotopic (exact) mass is 506 g/mol. The molecule has 0 bridgehead atoms. The lowest BCUT2D eigenvalue weighted by molar-refractivity contribution is 0.342. The second-order valence-electron chi connectivity index (χ2n) is 7.55. The predicted octanol–water partition coefficient (Wildman–Crippen LogP) is 6.30. The topological polar surface area (TPSA) is 52.1 Å². The average molecular weight is 506 g/mol. The number of halogens is 9. The van der Waals surface area contributed by atoms with Crippen molar-refractivity contribution >= 4 is 0 Å². The van der Waals surface area contributed by atoms with Gasteiger partial charge in [-0.1, -0.05) is 10.3 Å². The summed E-state index contributed by atoms with van der Waals surface area (Å²) in [5.41, 5.74) is -4.40. The molecule has 184 valence electrons. The first-order chi connectivity index (χ1) is 16.4. The Labute approximate surface area is 189 Å². The molecule has 0 unspecified atom stereocenters. The minimum atomic E-state index is -2.65. The fraction of sp³-hybridized carbons (Fsp3) is 0.182. The largest absolute Gasteiger partial charge is 0.361 e. The molecule has 2 aromatic heterocycles. The lowest BCUT2D eigenvalue weighted by atomic mass is 9.85. The average Bonchev–Trinajstić information content (AvgIpc) is 3.44. The van der Waals surface area contributed by atoms with E-state index in [2.05, 4.69) is 10.3 Å². The van der Waals surface area contributed by atoms with Gasteiger partial charge in [0.25, 0.3) is 0 Å². The molecule has 1 atom stereocenters. The van der Waals surface area contributed by atoms with Gasteiger partial charge in [0.2, 0.25) is 5.82 Å². The number of nitrogens with zero attached hydrogens (tertiary/aromatic N) is 2. The van der Waals surface area contributed by atoms with Gasteiger partial charge in [0.05, 0.1) is 17.3 Å². The van der Waals surface area contributed by atoms with Crippen LogP contribution in [0.1, 0.15) is 45.5 Å². The van der Waals surface area contributed by atoms with Crippen molar-refractivity contribution in [1.82, 2.24) is 10.3 Å². The maximum Gasteiger partial charge on any atom is 0.200 e. The second-order valence-corrected chi connectivity index (χ2v) is 7.55. The molecule has 0 N–H and O–H groups in total. The first kappa shape index (κ1) is 24.4. The number of aromatic nitrogens is 2. The maximum atomic E-state index is 15.2. The van der Waals surface area contributed by atoms with Gasteiger partial charge in [-0.25, -0.2) is 39.5 Å². The molecule has 0 spiro atoms. The number of hydrogen-bond acceptors (Lipinski definition) is 4. The van der Waals surface area contributed by atoms with E-state index in [1.807, 2.05) is 0 Å². The van der Waals surface area contributed by atoms with Crippen molar-refractivity contribution in [2.24, 2.45) is 0 Å². The van der Waals surface area contributed by atoms with Crippen molar-refractivity contribution in [2.45, 2.75) is 26.2 Å². The van der Waals surface area contributed by atoms with Crippen LogP contribution in [-0.4, -0.2) is 10.3 Å². The molecule has 0 radical (unpaired) electrons. The van der Waals surface area contributed by atoms with E-state index in [4.69, 9.17) is 9.05 Å². The van der Waals surface area contributed by atoms with E-state index in [0.29, 0.717) is 5.69 Å². The van der Waals surface area contributed by atoms with E-state index in [-0.39, 0.29) is 11.5 Å². The Morgan fingerprint density at radius 1 is 0.600 bits per heavy atom. The Morgan fingerprint density at radius 3 is 1.46 bits per heavy atom. The third kappa shape index (κ3) is 3.94. The summed E-state index contributed by atoms with van der Waals surface area (Å²) >= 11 is 0. The van der Waals surface area contributed by atoms with Gasteiger partial charge in [-0.2, -0.15) is 0 Å². The summed E-state index contributed by atoms with van der Waals surface area (Å²) in [5.74, 6) is -24.4. The third-order valence-electron chi connectivity index (χ3n) is 5.17. The fourth-order valence-corrected chi connectivity index (χ4v) is 3.60. The first-order valence-electron chi connectivity index (χ1n) is 9.65. The number of benzene rings is 2. The van der Waals surface area contributed by atoms with Crippen LogP contribution in [0.2, 0.25) is 0 Å². The smallest absolute Gasteiger partial charge is 0.200 e. The van der Waals surface area contributed by atoms with Crippen molar-refractivity contribution < 1.29 is 48.6 Å². The van der Waals surface area contributed by atoms with Crippen LogP contribution < -0.4 is 0 Å². The van der Waals surface area contributed by atoms with Crippen molar-refractivity contribution in [2.75, 3.05) is 0 Å². The molecule has 0 fully saturated rings. The van der Waals surface area contributed by atoms with E-state index in [1.54, 1.807) is 0 Å². The van der Waals surface area contributed by atoms with Crippen LogP contribution in [0.5, 0.6) is 0 Å². The molecule has 13 heteroatoms. The highest BCUT2D eigenvalue weighted by Gasteiger charge is 2.39. The van der Waals surface area contributed by atoms with Crippen molar-refractivity contribution in [3.05, 3.63) is 104 Å². The van der Waals surface area contributed by atoms with E-state index in [0.717, 1.165) is 6.07 Å². The summed E-state index contributed by atoms with van der Waals surface area (Å²) in [5, 5.41) is 6.83. The highest BCUT2D eigenvalue weighted by atomic mass is 19.2. The van der Waals surface area contributed by atoms with Crippen molar-refractivity contribution in [1.29, 1.82) is 0 Å². The summed E-state index contributed by atoms with van der Waals surface area (Å²) in [6, 6.07) is 2.08. The van der Waals surface area contributed by atoms with Crippen LogP contribution in [-0.2, 0) is 6.42 Å². The van der Waals surface area contributed by atoms with Gasteiger partial charge in [-0.05, 0) is 13.8 Å². The predicted molar refractivity (Wildman–Crippen MR) is 98.7 cm³/mol. The lowest BCUT2D eigenvalue weighted by Gasteiger charge is -2.20. The standard InChI is InChI=1S/C22H11F9N2O2/c1-6-3-8(34-32-6)5-9-14(23)16(25)12(17(26)15(9)24)11(10-4-7(2)33-35-10)13-18(27)20(29)22(31)21(30)19(13)28/h3-4,11H,5H2,1-2H3/t11-/m0/s1. The minimum Gasteiger partial charge on any atom is -0.361 e. The second kappa shape index (κ2) is 8.78. The van der Waals surface area contributed by atoms with Crippen LogP contribution in [0.15, 0.2) is 21.2 Å². The van der Waals surface area contributed by atoms with Crippen LogP contribution in [0, 0.1) is 66.2 Å². The Morgan fingerprint density at radius 2 is 1.03 bits per heavy atom. The zero-order valence-corrected chi connectivity index (χ0v) is 17.6. The highest BCUT2D eigenvalue weighted by molar-refractivity contribution is 5.45. The van der Waals surface area contributed by atoms with E-state index < -0.39 is 87.1 Å². The molecule has 0 aliphatic heterocycles. The quantitative estimate of drug-likeness (QED) is 0.181. The minimum absolute atomic E-state index is 0.0343. The van der Waals surface area contributed by atoms with Gasteiger partial charge >= 0.3 is 0 Å². The molecule has 0 saturated heterocycles. The lowest BCUT2D eigenvalue weighted by Crippen LogP contribution is -2.18. The van der Waals surface area contributed by atoms with Gasteiger partial charge in [0.15, 0.2) is 46.5 Å². The molecular weight excluding hydrogens is 495 g/mol. The Bertz CT molecular complexity index is 1400. The summed E-state index contributed by atoms with van der Waals surface area (Å²) in [6.07, 6.45) is -0.804. The molecule has 4 rings (SSSR count). The van der Waals surface area contributed by atoms with Crippen LogP contribution in [0.3, 0.4) is 0 Å². The van der Waals surface area contributed by atoms with Gasteiger partial charge in [-0.3, -0.25) is 0 Å². The molecule has 0 amide bonds. The molecule has 0 aliphatic carbocycles. The molecule has 4 nitrogen and oxygen atoms in total. The Kier molecular flexibility index (Phi) is 6.11. The molecule has 2 heterocycles. The Hall–Kier alpha value is -3.77. The van der Waals surface area contributed by atoms with Gasteiger partial charge in [-0.15, -0.1) is 0 Å². The van der Waals surface area contributed by atoms with E-state index in [9.17, 15) is 30.7 Å². The van der Waals surface area contributed by atoms with Crippen LogP contribution in [0.25, 0.3) is 0 Å². The summed E-state index contributed by atoms with van der Waals surface area (Å²) < 4.78 is 140. The van der Waals surface area contributed by atoms with E-state index >= 15 is 8.78 Å². The third-order valence-corrected chi connectivity index (χ3v) is 5.17. The zero-order chi connectivity index (χ0) is 25.8. The molecule has 4 aromatic rings. The molecule has 35 heavy (non-hydrogen) atoms. The Balaban J connectivity index is 2.02. The number of rotatable bonds is 5. The number of hydrogen-bond donors (Lipinski definition) is 0. The SMILES string of the molecule is Cc1cc(Cc2c(F)c(F)c([C@H](c3cc(C)no3)c3c(F)c(F)c(F)c(F)c3F)c(F)c2F)on1. The van der Waals surface area contributed by atoms with Crippen LogP contribution in [0.4, 0.5) is 39.5 Å². The highest BCUT2D eigenvalue weighted by Crippen LogP contribution is 2.42. The van der Waals surface area contributed by atoms with Gasteiger partial charge in [0.1, 0.15) is 11.5 Å². The maximum absolute atomic E-state index is 15.2. The normalized spacial score (nSPS) is 12.4. The molecule has 2 aromatic carbocycles. The molecular formula is C22H11F9N2O2. The van der Waals surface area contributed by atoms with E-state index in [1.165, 1.54) is 19.9 Å². The zero-order valence-electron chi connectivity index (χ0n) is 17.6. The molecule has 0 saturated carbocycles. The fourth-order valence-electron chi connectivity index (χ4n) is 3.60. The van der Waals surface area contributed by atoms with Gasteiger partial charge < -0.3 is 9.05 Å². The summed E-state index contributed by atoms with van der Waals surface area (Å²) in [4.78, 5) is 0. The van der Waals surface area contributed by atoms with Gasteiger partial charge in [0, 0.05) is 35.2 Å².